The fourth-order valence-corrected chi connectivity index (χ4v) is 4.77. The number of aromatic nitrogens is 3. The van der Waals surface area contributed by atoms with Gasteiger partial charge in [0.15, 0.2) is 4.80 Å². The lowest BCUT2D eigenvalue weighted by Gasteiger charge is -2.25. The number of hydrogen-bond donors (Lipinski definition) is 0. The highest BCUT2D eigenvalue weighted by Gasteiger charge is 2.33. The number of thiazole rings is 1. The molecule has 2 aromatic heterocycles. The van der Waals surface area contributed by atoms with E-state index >= 15 is 0 Å². The molecule has 32 heavy (non-hydrogen) atoms. The maximum absolute atomic E-state index is 13.5. The van der Waals surface area contributed by atoms with Crippen molar-refractivity contribution in [2.75, 3.05) is 25.6 Å². The Morgan fingerprint density at radius 2 is 2.00 bits per heavy atom. The lowest BCUT2D eigenvalue weighted by molar-refractivity contribution is -0.139. The number of hydrogen-bond acceptors (Lipinski definition) is 7. The third-order valence-corrected chi connectivity index (χ3v) is 6.25. The molecule has 3 aromatic rings. The second kappa shape index (κ2) is 8.58. The van der Waals surface area contributed by atoms with Gasteiger partial charge in [-0.05, 0) is 37.6 Å². The summed E-state index contributed by atoms with van der Waals surface area (Å²) in [4.78, 5) is 33.5. The van der Waals surface area contributed by atoms with E-state index in [1.807, 2.05) is 56.5 Å². The molecule has 3 heterocycles. The van der Waals surface area contributed by atoms with Crippen molar-refractivity contribution >= 4 is 29.1 Å². The zero-order valence-electron chi connectivity index (χ0n) is 18.7. The summed E-state index contributed by atoms with van der Waals surface area (Å²) >= 11 is 1.30. The molecule has 0 N–H and O–H groups in total. The molecule has 1 atom stereocenters. The molecular formula is C23H25N5O3S. The van der Waals surface area contributed by atoms with E-state index in [0.29, 0.717) is 20.6 Å². The van der Waals surface area contributed by atoms with E-state index in [2.05, 4.69) is 10.1 Å². The maximum Gasteiger partial charge on any atom is 0.338 e. The summed E-state index contributed by atoms with van der Waals surface area (Å²) in [6.07, 6.45) is 5.34. The number of anilines is 1. The number of carbonyl (C=O) groups is 1. The summed E-state index contributed by atoms with van der Waals surface area (Å²) in [5, 5.41) is 4.16. The molecule has 0 aliphatic carbocycles. The number of allylic oxidation sites excluding steroid dienone is 1. The average Bonchev–Trinajstić information content (AvgIpc) is 3.30. The van der Waals surface area contributed by atoms with Crippen LogP contribution in [-0.2, 0) is 16.6 Å². The summed E-state index contributed by atoms with van der Waals surface area (Å²) in [5.41, 5.74) is 3.40. The van der Waals surface area contributed by atoms with Gasteiger partial charge in [0.1, 0.15) is 0 Å². The van der Waals surface area contributed by atoms with Crippen LogP contribution >= 0.6 is 11.3 Å². The highest BCUT2D eigenvalue weighted by molar-refractivity contribution is 7.07. The minimum Gasteiger partial charge on any atom is -0.463 e. The van der Waals surface area contributed by atoms with Gasteiger partial charge in [0.25, 0.3) is 5.56 Å². The minimum atomic E-state index is -0.613. The molecule has 0 spiro atoms. The fourth-order valence-electron chi connectivity index (χ4n) is 3.73. The Labute approximate surface area is 189 Å². The molecule has 0 amide bonds. The first-order valence-corrected chi connectivity index (χ1v) is 11.1. The van der Waals surface area contributed by atoms with Crippen molar-refractivity contribution in [1.82, 2.24) is 14.3 Å². The molecule has 0 saturated heterocycles. The Hall–Kier alpha value is -3.46. The Kier molecular flexibility index (Phi) is 5.84. The van der Waals surface area contributed by atoms with Gasteiger partial charge in [0.2, 0.25) is 0 Å². The zero-order valence-corrected chi connectivity index (χ0v) is 19.5. The van der Waals surface area contributed by atoms with Gasteiger partial charge in [0, 0.05) is 38.6 Å². The van der Waals surface area contributed by atoms with Crippen LogP contribution in [0.4, 0.5) is 5.69 Å². The predicted molar refractivity (Wildman–Crippen MR) is 124 cm³/mol. The Morgan fingerprint density at radius 3 is 2.59 bits per heavy atom. The maximum atomic E-state index is 13.5. The van der Waals surface area contributed by atoms with Crippen molar-refractivity contribution in [2.45, 2.75) is 19.9 Å². The molecule has 0 fully saturated rings. The summed E-state index contributed by atoms with van der Waals surface area (Å²) in [5.74, 6) is -0.461. The first kappa shape index (κ1) is 21.8. The monoisotopic (exact) mass is 451 g/mol. The number of rotatable bonds is 5. The Bertz CT molecular complexity index is 1380. The van der Waals surface area contributed by atoms with Gasteiger partial charge in [-0.1, -0.05) is 23.5 Å². The summed E-state index contributed by atoms with van der Waals surface area (Å²) in [6, 6.07) is 7.21. The van der Waals surface area contributed by atoms with Gasteiger partial charge in [-0.15, -0.1) is 0 Å². The van der Waals surface area contributed by atoms with Crippen molar-refractivity contribution in [3.63, 3.8) is 0 Å². The minimum absolute atomic E-state index is 0.200. The SMILES string of the molecule is CCOC(=O)C1=C(C)N=c2s/c(=C/c3cnn(C)c3)c(=O)n2[C@@H]1c1ccc(N(C)C)cc1. The standard InChI is InChI=1S/C23H25N5O3S/c1-6-31-22(30)19-14(2)25-23-28(20(19)16-7-9-17(10-8-16)26(3)4)21(29)18(32-23)11-15-12-24-27(5)13-15/h7-13,20H,6H2,1-5H3/b18-11+/t20-/m1/s1. The van der Waals surface area contributed by atoms with Crippen LogP contribution in [0.1, 0.15) is 31.0 Å². The van der Waals surface area contributed by atoms with Crippen molar-refractivity contribution in [2.24, 2.45) is 12.0 Å². The van der Waals surface area contributed by atoms with Crippen molar-refractivity contribution in [1.29, 1.82) is 0 Å². The number of esters is 1. The molecule has 1 aliphatic heterocycles. The van der Waals surface area contributed by atoms with Gasteiger partial charge in [-0.2, -0.15) is 5.10 Å². The predicted octanol–water partition coefficient (Wildman–Crippen LogP) is 1.60. The lowest BCUT2D eigenvalue weighted by atomic mass is 9.95. The van der Waals surface area contributed by atoms with E-state index in [1.165, 1.54) is 11.3 Å². The number of aryl methyl sites for hydroxylation is 1. The Morgan fingerprint density at radius 1 is 1.28 bits per heavy atom. The normalized spacial score (nSPS) is 16.0. The summed E-state index contributed by atoms with van der Waals surface area (Å²) < 4.78 is 9.14. The van der Waals surface area contributed by atoms with Crippen LogP contribution in [0.15, 0.2) is 57.7 Å². The number of fused-ring (bicyclic) bond motifs is 1. The zero-order chi connectivity index (χ0) is 23.0. The molecule has 0 saturated carbocycles. The number of ether oxygens (including phenoxy) is 1. The van der Waals surface area contributed by atoms with Crippen molar-refractivity contribution in [3.05, 3.63) is 78.7 Å². The molecule has 0 radical (unpaired) electrons. The second-order valence-corrected chi connectivity index (χ2v) is 8.74. The first-order valence-electron chi connectivity index (χ1n) is 10.3. The molecular weight excluding hydrogens is 426 g/mol. The number of carbonyl (C=O) groups excluding carboxylic acids is 1. The number of nitrogens with zero attached hydrogens (tertiary/aromatic N) is 5. The number of benzene rings is 1. The molecule has 1 aliphatic rings. The molecule has 0 unspecified atom stereocenters. The van der Waals surface area contributed by atoms with Crippen molar-refractivity contribution < 1.29 is 9.53 Å². The largest absolute Gasteiger partial charge is 0.463 e. The molecule has 4 rings (SSSR count). The fraction of sp³-hybridized carbons (Fsp3) is 0.304. The van der Waals surface area contributed by atoms with Gasteiger partial charge < -0.3 is 9.64 Å². The van der Waals surface area contributed by atoms with Crippen LogP contribution < -0.4 is 19.8 Å². The average molecular weight is 452 g/mol. The second-order valence-electron chi connectivity index (χ2n) is 7.74. The first-order chi connectivity index (χ1) is 15.3. The highest BCUT2D eigenvalue weighted by Crippen LogP contribution is 2.31. The summed E-state index contributed by atoms with van der Waals surface area (Å²) in [6.45, 7) is 3.79. The van der Waals surface area contributed by atoms with E-state index in [-0.39, 0.29) is 12.2 Å². The van der Waals surface area contributed by atoms with Crippen LogP contribution in [0.2, 0.25) is 0 Å². The van der Waals surface area contributed by atoms with E-state index in [4.69, 9.17) is 4.74 Å². The lowest BCUT2D eigenvalue weighted by Crippen LogP contribution is -2.39. The van der Waals surface area contributed by atoms with E-state index in [0.717, 1.165) is 16.8 Å². The van der Waals surface area contributed by atoms with Gasteiger partial charge >= 0.3 is 5.97 Å². The van der Waals surface area contributed by atoms with E-state index in [1.54, 1.807) is 35.4 Å². The smallest absolute Gasteiger partial charge is 0.338 e. The van der Waals surface area contributed by atoms with Crippen LogP contribution in [0, 0.1) is 0 Å². The van der Waals surface area contributed by atoms with E-state index < -0.39 is 12.0 Å². The van der Waals surface area contributed by atoms with E-state index in [9.17, 15) is 9.59 Å². The summed E-state index contributed by atoms with van der Waals surface area (Å²) in [7, 11) is 5.75. The molecule has 8 nitrogen and oxygen atoms in total. The van der Waals surface area contributed by atoms with Crippen LogP contribution in [0.25, 0.3) is 6.08 Å². The van der Waals surface area contributed by atoms with Crippen LogP contribution in [-0.4, -0.2) is 41.0 Å². The van der Waals surface area contributed by atoms with Gasteiger partial charge in [-0.25, -0.2) is 9.79 Å². The van der Waals surface area contributed by atoms with Crippen molar-refractivity contribution in [3.8, 4) is 0 Å². The third kappa shape index (κ3) is 3.91. The topological polar surface area (TPSA) is 81.7 Å². The molecule has 9 heteroatoms. The quantitative estimate of drug-likeness (QED) is 0.551. The third-order valence-electron chi connectivity index (χ3n) is 5.26. The molecule has 1 aromatic carbocycles. The van der Waals surface area contributed by atoms with Gasteiger partial charge in [-0.3, -0.25) is 14.0 Å². The molecule has 166 valence electrons. The highest BCUT2D eigenvalue weighted by atomic mass is 32.1. The Balaban J connectivity index is 1.93. The van der Waals surface area contributed by atoms with Crippen LogP contribution in [0.3, 0.4) is 0 Å². The van der Waals surface area contributed by atoms with Gasteiger partial charge in [0.05, 0.1) is 34.6 Å². The van der Waals surface area contributed by atoms with Crippen LogP contribution in [0.5, 0.6) is 0 Å². The molecule has 0 bridgehead atoms.